The molecule has 25 heavy (non-hydrogen) atoms. The van der Waals surface area contributed by atoms with E-state index in [-0.39, 0.29) is 5.56 Å². The van der Waals surface area contributed by atoms with Gasteiger partial charge in [0.05, 0.1) is 14.2 Å². The maximum atomic E-state index is 12.4. The van der Waals surface area contributed by atoms with Gasteiger partial charge < -0.3 is 19.5 Å². The van der Waals surface area contributed by atoms with E-state index in [1.54, 1.807) is 42.5 Å². The van der Waals surface area contributed by atoms with E-state index in [9.17, 15) is 9.59 Å². The number of carbonyl (C=O) groups is 2. The summed E-state index contributed by atoms with van der Waals surface area (Å²) >= 11 is 5.80. The molecule has 7 heteroatoms. The lowest BCUT2D eigenvalue weighted by Gasteiger charge is -2.16. The zero-order valence-corrected chi connectivity index (χ0v) is 14.8. The summed E-state index contributed by atoms with van der Waals surface area (Å²) in [5.74, 6) is -0.582. The van der Waals surface area contributed by atoms with Crippen LogP contribution in [0.15, 0.2) is 42.5 Å². The Morgan fingerprint density at radius 2 is 1.56 bits per heavy atom. The summed E-state index contributed by atoms with van der Waals surface area (Å²) in [5.41, 5.74) is 0.672. The van der Waals surface area contributed by atoms with Crippen LogP contribution in [0.4, 0.5) is 5.69 Å². The second-order valence-corrected chi connectivity index (χ2v) is 5.52. The van der Waals surface area contributed by atoms with Crippen molar-refractivity contribution in [2.24, 2.45) is 0 Å². The molecule has 1 unspecified atom stereocenters. The number of hydrogen-bond donors (Lipinski definition) is 1. The number of halogens is 1. The Hall–Kier alpha value is -2.73. The van der Waals surface area contributed by atoms with E-state index >= 15 is 0 Å². The van der Waals surface area contributed by atoms with Crippen LogP contribution in [0.3, 0.4) is 0 Å². The van der Waals surface area contributed by atoms with Crippen molar-refractivity contribution in [2.75, 3.05) is 19.5 Å². The van der Waals surface area contributed by atoms with Gasteiger partial charge in [-0.1, -0.05) is 17.7 Å². The minimum atomic E-state index is -1.02. The predicted octanol–water partition coefficient (Wildman–Crippen LogP) is 3.54. The molecule has 1 atom stereocenters. The van der Waals surface area contributed by atoms with Gasteiger partial charge in [0.15, 0.2) is 6.10 Å². The number of carbonyl (C=O) groups excluding carboxylic acids is 2. The summed E-state index contributed by atoms with van der Waals surface area (Å²) in [4.78, 5) is 24.6. The van der Waals surface area contributed by atoms with Gasteiger partial charge in [0.2, 0.25) is 0 Å². The fourth-order valence-electron chi connectivity index (χ4n) is 2.10. The molecular weight excluding hydrogens is 346 g/mol. The Morgan fingerprint density at radius 1 is 1.00 bits per heavy atom. The second-order valence-electron chi connectivity index (χ2n) is 5.08. The number of nitrogens with one attached hydrogen (secondary N) is 1. The van der Waals surface area contributed by atoms with E-state index in [0.717, 1.165) is 0 Å². The normalized spacial score (nSPS) is 11.4. The van der Waals surface area contributed by atoms with Crippen LogP contribution in [-0.2, 0) is 9.53 Å². The molecule has 0 radical (unpaired) electrons. The topological polar surface area (TPSA) is 73.9 Å². The molecule has 0 aromatic heterocycles. The van der Waals surface area contributed by atoms with Crippen molar-refractivity contribution in [1.82, 2.24) is 0 Å². The van der Waals surface area contributed by atoms with Crippen LogP contribution in [0, 0.1) is 0 Å². The van der Waals surface area contributed by atoms with E-state index < -0.39 is 18.0 Å². The number of anilines is 1. The first-order valence-electron chi connectivity index (χ1n) is 7.44. The highest BCUT2D eigenvalue weighted by molar-refractivity contribution is 6.30. The van der Waals surface area contributed by atoms with Gasteiger partial charge in [-0.3, -0.25) is 4.79 Å². The monoisotopic (exact) mass is 363 g/mol. The quantitative estimate of drug-likeness (QED) is 0.794. The molecule has 1 N–H and O–H groups in total. The van der Waals surface area contributed by atoms with E-state index in [1.165, 1.54) is 21.1 Å². The molecule has 0 bridgehead atoms. The molecule has 0 aliphatic carbocycles. The first kappa shape index (κ1) is 18.6. The summed E-state index contributed by atoms with van der Waals surface area (Å²) < 4.78 is 15.6. The van der Waals surface area contributed by atoms with Gasteiger partial charge in [0.1, 0.15) is 17.1 Å². The Kier molecular flexibility index (Phi) is 6.25. The zero-order chi connectivity index (χ0) is 18.4. The second kappa shape index (κ2) is 8.39. The fourth-order valence-corrected chi connectivity index (χ4v) is 2.23. The predicted molar refractivity (Wildman–Crippen MR) is 94.5 cm³/mol. The molecule has 2 aromatic rings. The Morgan fingerprint density at radius 3 is 2.08 bits per heavy atom. The Balaban J connectivity index is 2.09. The third-order valence-corrected chi connectivity index (χ3v) is 3.65. The van der Waals surface area contributed by atoms with E-state index in [1.807, 2.05) is 0 Å². The number of rotatable bonds is 6. The van der Waals surface area contributed by atoms with Crippen LogP contribution < -0.4 is 14.8 Å². The number of esters is 1. The van der Waals surface area contributed by atoms with Crippen LogP contribution in [0.2, 0.25) is 5.02 Å². The molecular formula is C18H18ClNO5. The van der Waals surface area contributed by atoms with Crippen molar-refractivity contribution < 1.29 is 23.8 Å². The third kappa shape index (κ3) is 4.64. The van der Waals surface area contributed by atoms with Crippen LogP contribution in [-0.4, -0.2) is 32.2 Å². The molecule has 0 fully saturated rings. The molecule has 0 saturated carbocycles. The molecule has 2 rings (SSSR count). The SMILES string of the molecule is COc1cccc(OC)c1C(=O)OC(C)C(=O)Nc1ccc(Cl)cc1. The van der Waals surface area contributed by atoms with Gasteiger partial charge in [-0.25, -0.2) is 4.79 Å². The van der Waals surface area contributed by atoms with Crippen LogP contribution in [0.1, 0.15) is 17.3 Å². The molecule has 0 heterocycles. The summed E-state index contributed by atoms with van der Waals surface area (Å²) in [7, 11) is 2.87. The van der Waals surface area contributed by atoms with Gasteiger partial charge in [-0.15, -0.1) is 0 Å². The molecule has 0 spiro atoms. The maximum absolute atomic E-state index is 12.4. The summed E-state index contributed by atoms with van der Waals surface area (Å²) in [6.07, 6.45) is -1.02. The number of ether oxygens (including phenoxy) is 3. The molecule has 0 aliphatic rings. The molecule has 1 amide bonds. The van der Waals surface area contributed by atoms with E-state index in [4.69, 9.17) is 25.8 Å². The zero-order valence-electron chi connectivity index (χ0n) is 14.0. The molecule has 6 nitrogen and oxygen atoms in total. The highest BCUT2D eigenvalue weighted by atomic mass is 35.5. The van der Waals surface area contributed by atoms with Gasteiger partial charge in [0.25, 0.3) is 5.91 Å². The first-order valence-corrected chi connectivity index (χ1v) is 7.82. The molecule has 0 aliphatic heterocycles. The highest BCUT2D eigenvalue weighted by Crippen LogP contribution is 2.29. The summed E-state index contributed by atoms with van der Waals surface area (Å²) in [6, 6.07) is 11.5. The highest BCUT2D eigenvalue weighted by Gasteiger charge is 2.24. The van der Waals surface area contributed by atoms with Crippen molar-refractivity contribution in [3.8, 4) is 11.5 Å². The van der Waals surface area contributed by atoms with Crippen molar-refractivity contribution in [2.45, 2.75) is 13.0 Å². The Bertz CT molecular complexity index is 738. The number of methoxy groups -OCH3 is 2. The summed E-state index contributed by atoms with van der Waals surface area (Å²) in [6.45, 7) is 1.48. The van der Waals surface area contributed by atoms with Crippen molar-refractivity contribution in [3.63, 3.8) is 0 Å². The minimum Gasteiger partial charge on any atom is -0.496 e. The van der Waals surface area contributed by atoms with Crippen LogP contribution in [0.5, 0.6) is 11.5 Å². The largest absolute Gasteiger partial charge is 0.496 e. The number of hydrogen-bond acceptors (Lipinski definition) is 5. The lowest BCUT2D eigenvalue weighted by Crippen LogP contribution is -2.30. The van der Waals surface area contributed by atoms with Crippen LogP contribution >= 0.6 is 11.6 Å². The van der Waals surface area contributed by atoms with E-state index in [0.29, 0.717) is 22.2 Å². The maximum Gasteiger partial charge on any atom is 0.346 e. The van der Waals surface area contributed by atoms with Gasteiger partial charge in [0, 0.05) is 10.7 Å². The summed E-state index contributed by atoms with van der Waals surface area (Å²) in [5, 5.41) is 3.20. The first-order chi connectivity index (χ1) is 12.0. The average molecular weight is 364 g/mol. The van der Waals surface area contributed by atoms with Crippen LogP contribution in [0.25, 0.3) is 0 Å². The fraction of sp³-hybridized carbons (Fsp3) is 0.222. The lowest BCUT2D eigenvalue weighted by molar-refractivity contribution is -0.123. The van der Waals surface area contributed by atoms with Crippen molar-refractivity contribution in [3.05, 3.63) is 53.1 Å². The van der Waals surface area contributed by atoms with Gasteiger partial charge in [-0.2, -0.15) is 0 Å². The standard InChI is InChI=1S/C18H18ClNO5/c1-11(17(21)20-13-9-7-12(19)8-10-13)25-18(22)16-14(23-2)5-4-6-15(16)24-3/h4-11H,1-3H3,(H,20,21). The number of benzene rings is 2. The van der Waals surface area contributed by atoms with Crippen molar-refractivity contribution >= 4 is 29.2 Å². The molecule has 132 valence electrons. The Labute approximate surface area is 150 Å². The van der Waals surface area contributed by atoms with Crippen molar-refractivity contribution in [1.29, 1.82) is 0 Å². The minimum absolute atomic E-state index is 0.124. The van der Waals surface area contributed by atoms with E-state index in [2.05, 4.69) is 5.32 Å². The average Bonchev–Trinajstić information content (AvgIpc) is 2.62. The third-order valence-electron chi connectivity index (χ3n) is 3.40. The number of amides is 1. The molecule has 0 saturated heterocycles. The van der Waals surface area contributed by atoms with Gasteiger partial charge in [-0.05, 0) is 43.3 Å². The lowest BCUT2D eigenvalue weighted by atomic mass is 10.1. The smallest absolute Gasteiger partial charge is 0.346 e. The molecule has 2 aromatic carbocycles. The van der Waals surface area contributed by atoms with Gasteiger partial charge >= 0.3 is 5.97 Å².